The molecule has 2 amide bonds. The Bertz CT molecular complexity index is 922. The highest BCUT2D eigenvalue weighted by atomic mass is 16.4. The summed E-state index contributed by atoms with van der Waals surface area (Å²) in [6.45, 7) is 4.50. The number of nitrogens with zero attached hydrogens (tertiary/aromatic N) is 1. The Morgan fingerprint density at radius 3 is 2.47 bits per heavy atom. The normalized spacial score (nSPS) is 17.3. The van der Waals surface area contributed by atoms with E-state index in [0.717, 1.165) is 35.6 Å². The average molecular weight is 411 g/mol. The number of fused-ring (bicyclic) bond motifs is 1. The van der Waals surface area contributed by atoms with Gasteiger partial charge in [-0.25, -0.2) is 4.79 Å². The lowest BCUT2D eigenvalue weighted by Crippen LogP contribution is -2.52. The van der Waals surface area contributed by atoms with Crippen molar-refractivity contribution in [1.29, 1.82) is 0 Å². The van der Waals surface area contributed by atoms with Crippen molar-refractivity contribution in [3.05, 3.63) is 48.0 Å². The quantitative estimate of drug-likeness (QED) is 0.698. The van der Waals surface area contributed by atoms with Crippen LogP contribution in [0, 0.1) is 5.92 Å². The highest BCUT2D eigenvalue weighted by molar-refractivity contribution is 5.91. The Hall–Kier alpha value is -2.89. The highest BCUT2D eigenvalue weighted by Crippen LogP contribution is 2.23. The maximum atomic E-state index is 12.9. The van der Waals surface area contributed by atoms with Crippen molar-refractivity contribution in [2.75, 3.05) is 6.54 Å². The minimum Gasteiger partial charge on any atom is -0.480 e. The van der Waals surface area contributed by atoms with E-state index in [4.69, 9.17) is 0 Å². The number of amides is 2. The SMILES string of the molecule is CCC(CC)C(=O)N1CCCC1C(=O)NC(Cc1ccc2ccccc2c1)C(=O)O. The minimum atomic E-state index is -1.08. The van der Waals surface area contributed by atoms with Crippen LogP contribution in [0.5, 0.6) is 0 Å². The molecule has 6 nitrogen and oxygen atoms in total. The van der Waals surface area contributed by atoms with E-state index in [-0.39, 0.29) is 24.2 Å². The summed E-state index contributed by atoms with van der Waals surface area (Å²) in [4.78, 5) is 39.2. The van der Waals surface area contributed by atoms with Crippen LogP contribution in [0.15, 0.2) is 42.5 Å². The van der Waals surface area contributed by atoms with Crippen molar-refractivity contribution in [3.8, 4) is 0 Å². The molecule has 2 aromatic carbocycles. The minimum absolute atomic E-state index is 0.000876. The summed E-state index contributed by atoms with van der Waals surface area (Å²) in [7, 11) is 0. The van der Waals surface area contributed by atoms with Gasteiger partial charge < -0.3 is 15.3 Å². The number of aliphatic carboxylic acids is 1. The van der Waals surface area contributed by atoms with Crippen molar-refractivity contribution >= 4 is 28.6 Å². The van der Waals surface area contributed by atoms with E-state index in [1.807, 2.05) is 56.3 Å². The summed E-state index contributed by atoms with van der Waals surface area (Å²) < 4.78 is 0. The van der Waals surface area contributed by atoms with Crippen LogP contribution in [0.3, 0.4) is 0 Å². The predicted octanol–water partition coefficient (Wildman–Crippen LogP) is 3.38. The number of carboxylic acids is 1. The van der Waals surface area contributed by atoms with Crippen LogP contribution in [0.2, 0.25) is 0 Å². The number of nitrogens with one attached hydrogen (secondary N) is 1. The molecular weight excluding hydrogens is 380 g/mol. The molecule has 1 heterocycles. The van der Waals surface area contributed by atoms with Crippen LogP contribution in [-0.4, -0.2) is 46.4 Å². The van der Waals surface area contributed by atoms with E-state index in [0.29, 0.717) is 13.0 Å². The standard InChI is InChI=1S/C24H30N2O4/c1-3-17(4-2)23(28)26-13-7-10-21(26)22(27)25-20(24(29)30)15-16-11-12-18-8-5-6-9-19(18)14-16/h5-6,8-9,11-12,14,17,20-21H,3-4,7,10,13,15H2,1-2H3,(H,25,27)(H,29,30). The van der Waals surface area contributed by atoms with E-state index in [1.54, 1.807) is 4.90 Å². The summed E-state index contributed by atoms with van der Waals surface area (Å²) in [5.41, 5.74) is 0.845. The van der Waals surface area contributed by atoms with Crippen LogP contribution < -0.4 is 5.32 Å². The van der Waals surface area contributed by atoms with E-state index >= 15 is 0 Å². The summed E-state index contributed by atoms with van der Waals surface area (Å²) >= 11 is 0. The predicted molar refractivity (Wildman–Crippen MR) is 116 cm³/mol. The van der Waals surface area contributed by atoms with Gasteiger partial charge in [0.1, 0.15) is 12.1 Å². The first-order valence-electron chi connectivity index (χ1n) is 10.8. The largest absolute Gasteiger partial charge is 0.480 e. The second-order valence-electron chi connectivity index (χ2n) is 7.99. The van der Waals surface area contributed by atoms with Crippen LogP contribution in [0.25, 0.3) is 10.8 Å². The van der Waals surface area contributed by atoms with Crippen LogP contribution in [0.1, 0.15) is 45.1 Å². The maximum Gasteiger partial charge on any atom is 0.326 e. The van der Waals surface area contributed by atoms with Crippen LogP contribution in [0.4, 0.5) is 0 Å². The van der Waals surface area contributed by atoms with Crippen LogP contribution >= 0.6 is 0 Å². The molecule has 160 valence electrons. The molecule has 0 aromatic heterocycles. The van der Waals surface area contributed by atoms with Gasteiger partial charge in [0.25, 0.3) is 0 Å². The molecule has 0 aliphatic carbocycles. The van der Waals surface area contributed by atoms with E-state index < -0.39 is 18.1 Å². The van der Waals surface area contributed by atoms with Crippen LogP contribution in [-0.2, 0) is 20.8 Å². The molecule has 1 saturated heterocycles. The van der Waals surface area contributed by atoms with Gasteiger partial charge in [-0.15, -0.1) is 0 Å². The zero-order valence-electron chi connectivity index (χ0n) is 17.6. The molecule has 1 fully saturated rings. The summed E-state index contributed by atoms with van der Waals surface area (Å²) in [5.74, 6) is -1.54. The van der Waals surface area contributed by atoms with Crippen molar-refractivity contribution in [1.82, 2.24) is 10.2 Å². The van der Waals surface area contributed by atoms with Gasteiger partial charge in [-0.2, -0.15) is 0 Å². The number of rotatable bonds is 8. The Morgan fingerprint density at radius 1 is 1.10 bits per heavy atom. The molecule has 2 aromatic rings. The second kappa shape index (κ2) is 9.74. The molecule has 2 atom stereocenters. The molecule has 0 radical (unpaired) electrons. The van der Waals surface area contributed by atoms with Gasteiger partial charge in [0.2, 0.25) is 11.8 Å². The summed E-state index contributed by atoms with van der Waals surface area (Å²) in [6, 6.07) is 12.1. The number of carbonyl (C=O) groups excluding carboxylic acids is 2. The molecule has 3 rings (SSSR count). The first-order chi connectivity index (χ1) is 14.4. The molecular formula is C24H30N2O4. The van der Waals surface area contributed by atoms with Gasteiger partial charge in [0, 0.05) is 18.9 Å². The summed E-state index contributed by atoms with van der Waals surface area (Å²) in [5, 5.41) is 14.5. The fraction of sp³-hybridized carbons (Fsp3) is 0.458. The third-order valence-corrected chi connectivity index (χ3v) is 6.04. The van der Waals surface area contributed by atoms with Gasteiger partial charge in [0.15, 0.2) is 0 Å². The molecule has 0 spiro atoms. The fourth-order valence-corrected chi connectivity index (χ4v) is 4.24. The maximum absolute atomic E-state index is 12.9. The molecule has 2 unspecified atom stereocenters. The first kappa shape index (κ1) is 21.8. The third-order valence-electron chi connectivity index (χ3n) is 6.04. The number of carbonyl (C=O) groups is 3. The van der Waals surface area contributed by atoms with Crippen molar-refractivity contribution in [2.45, 2.75) is 58.0 Å². The van der Waals surface area contributed by atoms with Gasteiger partial charge >= 0.3 is 5.97 Å². The topological polar surface area (TPSA) is 86.7 Å². The summed E-state index contributed by atoms with van der Waals surface area (Å²) in [6.07, 6.45) is 2.99. The lowest BCUT2D eigenvalue weighted by atomic mass is 10.0. The lowest BCUT2D eigenvalue weighted by Gasteiger charge is -2.28. The van der Waals surface area contributed by atoms with Crippen molar-refractivity contribution < 1.29 is 19.5 Å². The molecule has 6 heteroatoms. The monoisotopic (exact) mass is 410 g/mol. The third kappa shape index (κ3) is 4.81. The Morgan fingerprint density at radius 2 is 1.80 bits per heavy atom. The van der Waals surface area contributed by atoms with E-state index in [9.17, 15) is 19.5 Å². The molecule has 0 bridgehead atoms. The first-order valence-corrected chi connectivity index (χ1v) is 10.8. The number of likely N-dealkylation sites (tertiary alicyclic amines) is 1. The van der Waals surface area contributed by atoms with Gasteiger partial charge in [0.05, 0.1) is 0 Å². The number of benzene rings is 2. The lowest BCUT2D eigenvalue weighted by molar-refractivity contribution is -0.145. The fourth-order valence-electron chi connectivity index (χ4n) is 4.24. The van der Waals surface area contributed by atoms with Gasteiger partial charge in [-0.1, -0.05) is 56.3 Å². The Balaban J connectivity index is 1.71. The smallest absolute Gasteiger partial charge is 0.326 e. The molecule has 2 N–H and O–H groups in total. The Labute approximate surface area is 177 Å². The number of hydrogen-bond donors (Lipinski definition) is 2. The molecule has 1 aliphatic rings. The number of carboxylic acid groups (broad SMARTS) is 1. The Kier molecular flexibility index (Phi) is 7.08. The van der Waals surface area contributed by atoms with E-state index in [2.05, 4.69) is 5.32 Å². The van der Waals surface area contributed by atoms with Crippen molar-refractivity contribution in [3.63, 3.8) is 0 Å². The molecule has 1 aliphatic heterocycles. The van der Waals surface area contributed by atoms with Crippen molar-refractivity contribution in [2.24, 2.45) is 5.92 Å². The highest BCUT2D eigenvalue weighted by Gasteiger charge is 2.37. The van der Waals surface area contributed by atoms with Gasteiger partial charge in [-0.05, 0) is 42.0 Å². The van der Waals surface area contributed by atoms with E-state index in [1.165, 1.54) is 0 Å². The number of hydrogen-bond acceptors (Lipinski definition) is 3. The zero-order valence-corrected chi connectivity index (χ0v) is 17.6. The zero-order chi connectivity index (χ0) is 21.7. The van der Waals surface area contributed by atoms with Gasteiger partial charge in [-0.3, -0.25) is 9.59 Å². The molecule has 0 saturated carbocycles. The average Bonchev–Trinajstić information content (AvgIpc) is 3.24. The second-order valence-corrected chi connectivity index (χ2v) is 7.99. The molecule has 30 heavy (non-hydrogen) atoms.